The number of hydrogen-bond acceptors (Lipinski definition) is 3. The van der Waals surface area contributed by atoms with Crippen molar-refractivity contribution in [3.05, 3.63) is 28.2 Å². The van der Waals surface area contributed by atoms with E-state index in [0.29, 0.717) is 18.3 Å². The van der Waals surface area contributed by atoms with Crippen molar-refractivity contribution in [3.8, 4) is 5.75 Å². The van der Waals surface area contributed by atoms with Gasteiger partial charge in [-0.25, -0.2) is 0 Å². The van der Waals surface area contributed by atoms with E-state index in [1.54, 1.807) is 6.07 Å². The van der Waals surface area contributed by atoms with Crippen LogP contribution in [0.15, 0.2) is 22.7 Å². The second-order valence-electron chi connectivity index (χ2n) is 5.09. The zero-order valence-corrected chi connectivity index (χ0v) is 13.5. The maximum Gasteiger partial charge on any atom is 0.120 e. The molecule has 108 valence electrons. The molecule has 0 saturated heterocycles. The molecule has 1 unspecified atom stereocenters. The van der Waals surface area contributed by atoms with Crippen molar-refractivity contribution in [2.24, 2.45) is 5.92 Å². The molecule has 0 aromatic heterocycles. The smallest absolute Gasteiger partial charge is 0.120 e. The van der Waals surface area contributed by atoms with Crippen LogP contribution in [0.3, 0.4) is 0 Å². The summed E-state index contributed by atoms with van der Waals surface area (Å²) in [5, 5.41) is 13.3. The maximum atomic E-state index is 9.92. The first kappa shape index (κ1) is 16.5. The Bertz CT molecular complexity index is 382. The van der Waals surface area contributed by atoms with Crippen molar-refractivity contribution in [2.75, 3.05) is 19.8 Å². The van der Waals surface area contributed by atoms with Crippen molar-refractivity contribution in [1.82, 2.24) is 5.32 Å². The number of benzene rings is 1. The van der Waals surface area contributed by atoms with E-state index in [1.807, 2.05) is 12.1 Å². The van der Waals surface area contributed by atoms with Gasteiger partial charge in [0.25, 0.3) is 0 Å². The van der Waals surface area contributed by atoms with E-state index >= 15 is 0 Å². The van der Waals surface area contributed by atoms with Crippen LogP contribution in [0, 0.1) is 5.92 Å². The van der Waals surface area contributed by atoms with Crippen molar-refractivity contribution in [1.29, 1.82) is 0 Å². The molecule has 0 aliphatic heterocycles. The number of nitrogens with one attached hydrogen (secondary N) is 1. The molecule has 0 aliphatic carbocycles. The van der Waals surface area contributed by atoms with Gasteiger partial charge in [0, 0.05) is 29.2 Å². The molecule has 0 radical (unpaired) electrons. The van der Waals surface area contributed by atoms with E-state index in [-0.39, 0.29) is 6.04 Å². The fourth-order valence-corrected chi connectivity index (χ4v) is 2.28. The molecule has 0 fully saturated rings. The summed E-state index contributed by atoms with van der Waals surface area (Å²) in [5.74, 6) is 0.904. The lowest BCUT2D eigenvalue weighted by atomic mass is 10.0. The summed E-state index contributed by atoms with van der Waals surface area (Å²) < 4.78 is 6.53. The van der Waals surface area contributed by atoms with E-state index in [4.69, 9.17) is 4.74 Å². The third-order valence-electron chi connectivity index (χ3n) is 2.86. The zero-order chi connectivity index (χ0) is 14.3. The first-order valence-corrected chi connectivity index (χ1v) is 7.63. The fraction of sp³-hybridized carbons (Fsp3) is 0.600. The van der Waals surface area contributed by atoms with Crippen LogP contribution in [0.2, 0.25) is 0 Å². The Hall–Kier alpha value is -0.580. The summed E-state index contributed by atoms with van der Waals surface area (Å²) in [4.78, 5) is 0. The Kier molecular flexibility index (Phi) is 7.42. The van der Waals surface area contributed by atoms with Crippen molar-refractivity contribution in [2.45, 2.75) is 33.2 Å². The van der Waals surface area contributed by atoms with Gasteiger partial charge < -0.3 is 15.2 Å². The molecule has 3 nitrogen and oxygen atoms in total. The van der Waals surface area contributed by atoms with Crippen molar-refractivity contribution < 1.29 is 9.84 Å². The SMILES string of the molecule is CCC(NCCOCC(C)C)c1cc(Br)ccc1O. The molecular weight excluding hydrogens is 306 g/mol. The maximum absolute atomic E-state index is 9.92. The molecule has 2 N–H and O–H groups in total. The normalized spacial score (nSPS) is 12.9. The van der Waals surface area contributed by atoms with E-state index < -0.39 is 0 Å². The molecular formula is C15H24BrNO2. The monoisotopic (exact) mass is 329 g/mol. The van der Waals surface area contributed by atoms with Gasteiger partial charge >= 0.3 is 0 Å². The number of phenols is 1. The van der Waals surface area contributed by atoms with Crippen LogP contribution < -0.4 is 5.32 Å². The number of halogens is 1. The molecule has 0 saturated carbocycles. The number of aromatic hydroxyl groups is 1. The van der Waals surface area contributed by atoms with Gasteiger partial charge in [-0.3, -0.25) is 0 Å². The largest absolute Gasteiger partial charge is 0.508 e. The van der Waals surface area contributed by atoms with Crippen LogP contribution in [-0.2, 0) is 4.74 Å². The van der Waals surface area contributed by atoms with Crippen LogP contribution in [0.5, 0.6) is 5.75 Å². The minimum atomic E-state index is 0.153. The Morgan fingerprint density at radius 3 is 2.74 bits per heavy atom. The van der Waals surface area contributed by atoms with E-state index in [0.717, 1.165) is 29.6 Å². The topological polar surface area (TPSA) is 41.5 Å². The van der Waals surface area contributed by atoms with Crippen LogP contribution in [0.1, 0.15) is 38.8 Å². The lowest BCUT2D eigenvalue weighted by Crippen LogP contribution is -2.25. The standard InChI is InChI=1S/C15H24BrNO2/c1-4-14(17-7-8-19-10-11(2)3)13-9-12(16)5-6-15(13)18/h5-6,9,11,14,17-18H,4,7-8,10H2,1-3H3. The van der Waals surface area contributed by atoms with Gasteiger partial charge in [-0.15, -0.1) is 0 Å². The summed E-state index contributed by atoms with van der Waals surface area (Å²) in [7, 11) is 0. The second kappa shape index (κ2) is 8.56. The minimum absolute atomic E-state index is 0.153. The fourth-order valence-electron chi connectivity index (χ4n) is 1.90. The molecule has 0 bridgehead atoms. The third kappa shape index (κ3) is 5.93. The van der Waals surface area contributed by atoms with Gasteiger partial charge in [-0.05, 0) is 30.5 Å². The molecule has 0 aliphatic rings. The third-order valence-corrected chi connectivity index (χ3v) is 3.35. The molecule has 1 atom stereocenters. The Morgan fingerprint density at radius 1 is 1.37 bits per heavy atom. The minimum Gasteiger partial charge on any atom is -0.508 e. The molecule has 1 rings (SSSR count). The average molecular weight is 330 g/mol. The van der Waals surface area contributed by atoms with E-state index in [1.165, 1.54) is 0 Å². The molecule has 0 spiro atoms. The van der Waals surface area contributed by atoms with Gasteiger partial charge in [-0.2, -0.15) is 0 Å². The summed E-state index contributed by atoms with van der Waals surface area (Å²) >= 11 is 3.44. The lowest BCUT2D eigenvalue weighted by molar-refractivity contribution is 0.110. The highest BCUT2D eigenvalue weighted by atomic mass is 79.9. The van der Waals surface area contributed by atoms with Gasteiger partial charge in [0.05, 0.1) is 6.61 Å². The van der Waals surface area contributed by atoms with Crippen LogP contribution in [0.25, 0.3) is 0 Å². The molecule has 0 heterocycles. The highest BCUT2D eigenvalue weighted by Crippen LogP contribution is 2.29. The number of ether oxygens (including phenoxy) is 1. The molecule has 0 amide bonds. The zero-order valence-electron chi connectivity index (χ0n) is 11.9. The van der Waals surface area contributed by atoms with E-state index in [2.05, 4.69) is 42.0 Å². The summed E-state index contributed by atoms with van der Waals surface area (Å²) in [6, 6.07) is 5.68. The van der Waals surface area contributed by atoms with Gasteiger partial charge in [0.2, 0.25) is 0 Å². The second-order valence-corrected chi connectivity index (χ2v) is 6.00. The summed E-state index contributed by atoms with van der Waals surface area (Å²) in [6.45, 7) is 8.66. The van der Waals surface area contributed by atoms with Crippen LogP contribution >= 0.6 is 15.9 Å². The number of rotatable bonds is 8. The predicted octanol–water partition coefficient (Wildman–Crippen LogP) is 3.87. The van der Waals surface area contributed by atoms with Crippen LogP contribution in [0.4, 0.5) is 0 Å². The molecule has 1 aromatic rings. The molecule has 19 heavy (non-hydrogen) atoms. The van der Waals surface area contributed by atoms with Crippen molar-refractivity contribution >= 4 is 15.9 Å². The highest BCUT2D eigenvalue weighted by molar-refractivity contribution is 9.10. The van der Waals surface area contributed by atoms with Crippen LogP contribution in [-0.4, -0.2) is 24.9 Å². The molecule has 1 aromatic carbocycles. The van der Waals surface area contributed by atoms with Gasteiger partial charge in [0.1, 0.15) is 5.75 Å². The number of hydrogen-bond donors (Lipinski definition) is 2. The predicted molar refractivity (Wildman–Crippen MR) is 82.5 cm³/mol. The Morgan fingerprint density at radius 2 is 2.11 bits per heavy atom. The number of phenolic OH excluding ortho intramolecular Hbond substituents is 1. The first-order valence-electron chi connectivity index (χ1n) is 6.84. The first-order chi connectivity index (χ1) is 9.04. The Labute approximate surface area is 124 Å². The highest BCUT2D eigenvalue weighted by Gasteiger charge is 2.13. The van der Waals surface area contributed by atoms with Crippen molar-refractivity contribution in [3.63, 3.8) is 0 Å². The summed E-state index contributed by atoms with van der Waals surface area (Å²) in [6.07, 6.45) is 0.925. The van der Waals surface area contributed by atoms with Gasteiger partial charge in [0.15, 0.2) is 0 Å². The summed E-state index contributed by atoms with van der Waals surface area (Å²) in [5.41, 5.74) is 0.931. The van der Waals surface area contributed by atoms with E-state index in [9.17, 15) is 5.11 Å². The quantitative estimate of drug-likeness (QED) is 0.711. The molecule has 4 heteroatoms. The average Bonchev–Trinajstić information content (AvgIpc) is 2.37. The van der Waals surface area contributed by atoms with Gasteiger partial charge in [-0.1, -0.05) is 36.7 Å². The lowest BCUT2D eigenvalue weighted by Gasteiger charge is -2.19. The Balaban J connectivity index is 2.47.